The number of anilines is 3. The average molecular weight is 455 g/mol. The molecule has 0 fully saturated rings. The molecule has 0 bridgehead atoms. The Morgan fingerprint density at radius 2 is 1.51 bits per heavy atom. The predicted octanol–water partition coefficient (Wildman–Crippen LogP) is 3.34. The average Bonchev–Trinajstić information content (AvgIpc) is 3.16. The Morgan fingerprint density at radius 1 is 0.857 bits per heavy atom. The van der Waals surface area contributed by atoms with Crippen LogP contribution in [0.25, 0.3) is 11.0 Å². The highest BCUT2D eigenvalue weighted by Gasteiger charge is 2.12. The molecule has 4 radical (unpaired) electrons. The standard InChI is InChI=1S/C26H19B2N5O2/c1-33-24-11-10-20(14-22(24)32-26(33)31-19-8-4-17(28)5-9-19)35-21-12-13-29-23(15-21)25(34)30-18-6-2-16(27)3-7-18/h2-15H,1H3,(H,30,34)(H,31,32). The molecule has 2 aromatic heterocycles. The lowest BCUT2D eigenvalue weighted by molar-refractivity contribution is 0.102. The van der Waals surface area contributed by atoms with Gasteiger partial charge in [0.15, 0.2) is 0 Å². The minimum absolute atomic E-state index is 0.230. The van der Waals surface area contributed by atoms with Crippen LogP contribution in [0.4, 0.5) is 17.3 Å². The molecule has 5 rings (SSSR count). The van der Waals surface area contributed by atoms with E-state index in [9.17, 15) is 4.79 Å². The van der Waals surface area contributed by atoms with Crippen molar-refractivity contribution in [3.05, 3.63) is 90.8 Å². The molecule has 3 aromatic carbocycles. The molecule has 9 heteroatoms. The van der Waals surface area contributed by atoms with Crippen LogP contribution in [0.5, 0.6) is 11.5 Å². The fraction of sp³-hybridized carbons (Fsp3) is 0.0385. The highest BCUT2D eigenvalue weighted by molar-refractivity contribution is 6.32. The number of nitrogens with zero attached hydrogens (tertiary/aromatic N) is 3. The number of aromatic nitrogens is 3. The van der Waals surface area contributed by atoms with Gasteiger partial charge in [-0.05, 0) is 42.5 Å². The van der Waals surface area contributed by atoms with Gasteiger partial charge in [0.25, 0.3) is 5.91 Å². The fourth-order valence-electron chi connectivity index (χ4n) is 3.55. The van der Waals surface area contributed by atoms with E-state index >= 15 is 0 Å². The summed E-state index contributed by atoms with van der Waals surface area (Å²) in [6.07, 6.45) is 1.53. The minimum atomic E-state index is -0.348. The Morgan fingerprint density at radius 3 is 2.23 bits per heavy atom. The molecule has 0 aliphatic rings. The molecule has 1 amide bonds. The third-order valence-electron chi connectivity index (χ3n) is 5.39. The summed E-state index contributed by atoms with van der Waals surface area (Å²) in [6, 6.07) is 23.2. The van der Waals surface area contributed by atoms with E-state index in [1.54, 1.807) is 36.4 Å². The summed E-state index contributed by atoms with van der Waals surface area (Å²) in [4.78, 5) is 21.4. The number of benzene rings is 3. The van der Waals surface area contributed by atoms with Gasteiger partial charge >= 0.3 is 0 Å². The molecule has 0 unspecified atom stereocenters. The summed E-state index contributed by atoms with van der Waals surface area (Å²) >= 11 is 0. The van der Waals surface area contributed by atoms with Gasteiger partial charge in [0, 0.05) is 36.8 Å². The smallest absolute Gasteiger partial charge is 0.274 e. The van der Waals surface area contributed by atoms with Crippen molar-refractivity contribution >= 4 is 60.9 Å². The van der Waals surface area contributed by atoms with Gasteiger partial charge in [-0.1, -0.05) is 35.2 Å². The maximum atomic E-state index is 12.6. The van der Waals surface area contributed by atoms with Gasteiger partial charge in [0.2, 0.25) is 5.95 Å². The zero-order valence-electron chi connectivity index (χ0n) is 18.9. The lowest BCUT2D eigenvalue weighted by Gasteiger charge is -2.08. The van der Waals surface area contributed by atoms with Crippen molar-refractivity contribution < 1.29 is 9.53 Å². The topological polar surface area (TPSA) is 81.1 Å². The van der Waals surface area contributed by atoms with E-state index in [1.165, 1.54) is 6.20 Å². The number of amides is 1. The number of aryl methyl sites for hydroxylation is 1. The second-order valence-corrected chi connectivity index (χ2v) is 7.95. The van der Waals surface area contributed by atoms with Crippen molar-refractivity contribution in [1.82, 2.24) is 14.5 Å². The normalized spacial score (nSPS) is 10.8. The second kappa shape index (κ2) is 9.38. The van der Waals surface area contributed by atoms with E-state index in [0.717, 1.165) is 16.7 Å². The van der Waals surface area contributed by atoms with E-state index in [4.69, 9.17) is 20.4 Å². The highest BCUT2D eigenvalue weighted by atomic mass is 16.5. The Balaban J connectivity index is 1.33. The first-order valence-electron chi connectivity index (χ1n) is 10.8. The molecule has 5 aromatic rings. The molecule has 35 heavy (non-hydrogen) atoms. The predicted molar refractivity (Wildman–Crippen MR) is 140 cm³/mol. The number of hydrogen-bond donors (Lipinski definition) is 2. The lowest BCUT2D eigenvalue weighted by atomic mass is 9.96. The molecule has 0 aliphatic heterocycles. The Kier molecular flexibility index (Phi) is 5.97. The zero-order valence-corrected chi connectivity index (χ0v) is 18.9. The number of carbonyl (C=O) groups excluding carboxylic acids is 1. The van der Waals surface area contributed by atoms with E-state index in [2.05, 4.69) is 20.6 Å². The maximum Gasteiger partial charge on any atom is 0.274 e. The Hall–Kier alpha value is -4.52. The van der Waals surface area contributed by atoms with Crippen LogP contribution in [0.3, 0.4) is 0 Å². The first-order chi connectivity index (χ1) is 16.9. The molecule has 166 valence electrons. The summed E-state index contributed by atoms with van der Waals surface area (Å²) < 4.78 is 7.96. The van der Waals surface area contributed by atoms with Crippen molar-refractivity contribution in [3.8, 4) is 11.5 Å². The summed E-state index contributed by atoms with van der Waals surface area (Å²) in [7, 11) is 13.4. The van der Waals surface area contributed by atoms with Crippen LogP contribution < -0.4 is 26.3 Å². The van der Waals surface area contributed by atoms with Gasteiger partial charge in [0.1, 0.15) is 32.9 Å². The third-order valence-corrected chi connectivity index (χ3v) is 5.39. The molecule has 2 heterocycles. The van der Waals surface area contributed by atoms with E-state index in [-0.39, 0.29) is 11.6 Å². The van der Waals surface area contributed by atoms with Crippen molar-refractivity contribution in [2.75, 3.05) is 10.6 Å². The number of nitrogens with one attached hydrogen (secondary N) is 2. The molecule has 0 spiro atoms. The number of carbonyl (C=O) groups is 1. The monoisotopic (exact) mass is 455 g/mol. The number of fused-ring (bicyclic) bond motifs is 1. The van der Waals surface area contributed by atoms with E-state index in [1.807, 2.05) is 54.1 Å². The quantitative estimate of drug-likeness (QED) is 0.384. The van der Waals surface area contributed by atoms with E-state index in [0.29, 0.717) is 34.1 Å². The van der Waals surface area contributed by atoms with Crippen LogP contribution >= 0.6 is 0 Å². The number of hydrogen-bond acceptors (Lipinski definition) is 5. The second-order valence-electron chi connectivity index (χ2n) is 7.95. The van der Waals surface area contributed by atoms with E-state index < -0.39 is 0 Å². The summed E-state index contributed by atoms with van der Waals surface area (Å²) in [5.74, 6) is 1.41. The maximum absolute atomic E-state index is 12.6. The first-order valence-corrected chi connectivity index (χ1v) is 10.8. The lowest BCUT2D eigenvalue weighted by Crippen LogP contribution is -2.14. The van der Waals surface area contributed by atoms with Crippen LogP contribution in [-0.2, 0) is 7.05 Å². The summed E-state index contributed by atoms with van der Waals surface area (Å²) in [5, 5.41) is 6.09. The SMILES string of the molecule is [B]c1ccc(NC(=O)c2cc(Oc3ccc4c(c3)nc(Nc3ccc([B])cc3)n4C)ccn2)cc1. The van der Waals surface area contributed by atoms with Crippen molar-refractivity contribution in [1.29, 1.82) is 0 Å². The molecule has 7 nitrogen and oxygen atoms in total. The van der Waals surface area contributed by atoms with Crippen molar-refractivity contribution in [2.24, 2.45) is 7.05 Å². The van der Waals surface area contributed by atoms with Gasteiger partial charge in [0.05, 0.1) is 11.0 Å². The fourth-order valence-corrected chi connectivity index (χ4v) is 3.55. The van der Waals surface area contributed by atoms with Crippen LogP contribution in [-0.4, -0.2) is 36.1 Å². The molecule has 0 atom stereocenters. The molecule has 0 saturated heterocycles. The largest absolute Gasteiger partial charge is 0.457 e. The van der Waals surface area contributed by atoms with Gasteiger partial charge in [-0.2, -0.15) is 0 Å². The molecule has 0 aliphatic carbocycles. The Bertz CT molecular complexity index is 1520. The minimum Gasteiger partial charge on any atom is -0.457 e. The summed E-state index contributed by atoms with van der Waals surface area (Å²) in [6.45, 7) is 0. The van der Waals surface area contributed by atoms with Crippen LogP contribution in [0, 0.1) is 0 Å². The van der Waals surface area contributed by atoms with Gasteiger partial charge < -0.3 is 19.9 Å². The number of ether oxygens (including phenoxy) is 1. The van der Waals surface area contributed by atoms with Crippen molar-refractivity contribution in [3.63, 3.8) is 0 Å². The zero-order chi connectivity index (χ0) is 24.4. The first kappa shape index (κ1) is 22.3. The highest BCUT2D eigenvalue weighted by Crippen LogP contribution is 2.28. The molecule has 2 N–H and O–H groups in total. The summed E-state index contributed by atoms with van der Waals surface area (Å²) in [5.41, 5.74) is 4.76. The van der Waals surface area contributed by atoms with Gasteiger partial charge in [-0.15, -0.1) is 0 Å². The number of pyridine rings is 1. The van der Waals surface area contributed by atoms with Crippen LogP contribution in [0.2, 0.25) is 0 Å². The Labute approximate surface area is 205 Å². The van der Waals surface area contributed by atoms with Gasteiger partial charge in [-0.25, -0.2) is 4.98 Å². The number of imidazole rings is 1. The van der Waals surface area contributed by atoms with Crippen LogP contribution in [0.15, 0.2) is 85.1 Å². The van der Waals surface area contributed by atoms with Crippen LogP contribution in [0.1, 0.15) is 10.5 Å². The molecule has 0 saturated carbocycles. The third kappa shape index (κ3) is 5.04. The molecular formula is C26H19B2N5O2. The van der Waals surface area contributed by atoms with Gasteiger partial charge in [-0.3, -0.25) is 9.78 Å². The number of rotatable bonds is 6. The molecular weight excluding hydrogens is 436 g/mol. The van der Waals surface area contributed by atoms with Crippen molar-refractivity contribution in [2.45, 2.75) is 0 Å².